The molecule has 0 aliphatic heterocycles. The van der Waals surface area contributed by atoms with E-state index < -0.39 is 17.8 Å². The molecular weight excluding hydrogens is 445 g/mol. The molecule has 0 radical (unpaired) electrons. The van der Waals surface area contributed by atoms with Crippen molar-refractivity contribution >= 4 is 57.6 Å². The molecule has 3 rings (SSSR count). The Labute approximate surface area is 188 Å². The molecule has 1 heterocycles. The van der Waals surface area contributed by atoms with Gasteiger partial charge in [-0.15, -0.1) is 5.10 Å². The van der Waals surface area contributed by atoms with Gasteiger partial charge in [-0.25, -0.2) is 9.59 Å². The Morgan fingerprint density at radius 3 is 2.42 bits per heavy atom. The van der Waals surface area contributed by atoms with Crippen LogP contribution in [0.25, 0.3) is 10.9 Å². The second kappa shape index (κ2) is 9.36. The lowest BCUT2D eigenvalue weighted by atomic mass is 10.2. The lowest BCUT2D eigenvalue weighted by Gasteiger charge is -2.07. The van der Waals surface area contributed by atoms with Crippen molar-refractivity contribution in [3.05, 3.63) is 52.0 Å². The van der Waals surface area contributed by atoms with E-state index in [0.29, 0.717) is 16.6 Å². The van der Waals surface area contributed by atoms with Crippen LogP contribution in [-0.4, -0.2) is 34.2 Å². The molecule has 1 N–H and O–H groups in total. The third kappa shape index (κ3) is 4.81. The first-order valence-electron chi connectivity index (χ1n) is 9.39. The summed E-state index contributed by atoms with van der Waals surface area (Å²) in [5, 5.41) is 7.58. The predicted molar refractivity (Wildman–Crippen MR) is 117 cm³/mol. The van der Waals surface area contributed by atoms with Gasteiger partial charge < -0.3 is 14.8 Å². The van der Waals surface area contributed by atoms with Crippen LogP contribution in [0.1, 0.15) is 37.2 Å². The van der Waals surface area contributed by atoms with Gasteiger partial charge in [-0.1, -0.05) is 29.3 Å². The molecule has 8 nitrogen and oxygen atoms in total. The number of amides is 1. The quantitative estimate of drug-likeness (QED) is 0.436. The average molecular weight is 464 g/mol. The Morgan fingerprint density at radius 1 is 1.13 bits per heavy atom. The van der Waals surface area contributed by atoms with E-state index in [2.05, 4.69) is 15.2 Å². The summed E-state index contributed by atoms with van der Waals surface area (Å²) in [4.78, 5) is 36.3. The molecule has 1 amide bonds. The van der Waals surface area contributed by atoms with Crippen molar-refractivity contribution in [2.45, 2.75) is 26.8 Å². The first-order valence-corrected chi connectivity index (χ1v) is 10.1. The maximum atomic E-state index is 12.7. The number of fused-ring (bicyclic) bond motifs is 1. The number of rotatable bonds is 5. The van der Waals surface area contributed by atoms with Gasteiger partial charge in [0.2, 0.25) is 5.88 Å². The first-order chi connectivity index (χ1) is 14.7. The van der Waals surface area contributed by atoms with Gasteiger partial charge in [0, 0.05) is 11.7 Å². The molecule has 0 saturated carbocycles. The number of halogens is 2. The van der Waals surface area contributed by atoms with Crippen molar-refractivity contribution in [3.8, 4) is 5.88 Å². The maximum Gasteiger partial charge on any atom is 0.397 e. The number of aromatic nitrogens is 2. The van der Waals surface area contributed by atoms with Gasteiger partial charge in [-0.3, -0.25) is 9.48 Å². The van der Waals surface area contributed by atoms with Gasteiger partial charge in [0.15, 0.2) is 0 Å². The zero-order valence-electron chi connectivity index (χ0n) is 16.9. The zero-order valence-corrected chi connectivity index (χ0v) is 18.5. The SMILES string of the molecule is CCOC(=O)C(=O)Nc1ccc2c(c1)c(OC(=O)c1c(Cl)cccc1Cl)nn2C(C)C. The minimum absolute atomic E-state index is 0.0110. The summed E-state index contributed by atoms with van der Waals surface area (Å²) >= 11 is 12.2. The summed E-state index contributed by atoms with van der Waals surface area (Å²) in [6.07, 6.45) is 0. The molecule has 0 saturated heterocycles. The molecule has 0 bridgehead atoms. The highest BCUT2D eigenvalue weighted by atomic mass is 35.5. The molecule has 10 heteroatoms. The van der Waals surface area contributed by atoms with E-state index in [9.17, 15) is 14.4 Å². The Hall–Kier alpha value is -3.10. The lowest BCUT2D eigenvalue weighted by Crippen LogP contribution is -2.24. The van der Waals surface area contributed by atoms with Gasteiger partial charge in [0.05, 0.1) is 33.1 Å². The molecule has 0 fully saturated rings. The molecule has 2 aromatic carbocycles. The fourth-order valence-electron chi connectivity index (χ4n) is 2.87. The summed E-state index contributed by atoms with van der Waals surface area (Å²) in [5.74, 6) is -2.68. The second-order valence-electron chi connectivity index (χ2n) is 6.74. The van der Waals surface area contributed by atoms with Gasteiger partial charge in [-0.2, -0.15) is 0 Å². The highest BCUT2D eigenvalue weighted by Gasteiger charge is 2.22. The van der Waals surface area contributed by atoms with Crippen molar-refractivity contribution in [1.29, 1.82) is 0 Å². The molecular formula is C21H19Cl2N3O5. The highest BCUT2D eigenvalue weighted by molar-refractivity contribution is 6.39. The molecule has 3 aromatic rings. The number of nitrogens with zero attached hydrogens (tertiary/aromatic N) is 2. The molecule has 0 aliphatic rings. The minimum Gasteiger partial charge on any atom is -0.459 e. The number of anilines is 1. The molecule has 1 aromatic heterocycles. The van der Waals surface area contributed by atoms with Crippen LogP contribution in [0.2, 0.25) is 10.0 Å². The standard InChI is InChI=1S/C21H19Cl2N3O5/c1-4-30-21(29)18(27)24-12-8-9-16-13(10-12)19(25-26(16)11(2)3)31-20(28)17-14(22)6-5-7-15(17)23/h5-11H,4H2,1-3H3,(H,24,27). The molecule has 0 spiro atoms. The van der Waals surface area contributed by atoms with Gasteiger partial charge >= 0.3 is 17.8 Å². The number of carbonyl (C=O) groups excluding carboxylic acids is 3. The van der Waals surface area contributed by atoms with Crippen LogP contribution in [0.4, 0.5) is 5.69 Å². The fraction of sp³-hybridized carbons (Fsp3) is 0.238. The number of esters is 2. The summed E-state index contributed by atoms with van der Waals surface area (Å²) in [5.41, 5.74) is 0.990. The number of benzene rings is 2. The Bertz CT molecular complexity index is 1150. The van der Waals surface area contributed by atoms with Crippen LogP contribution < -0.4 is 10.1 Å². The van der Waals surface area contributed by atoms with E-state index >= 15 is 0 Å². The first kappa shape index (κ1) is 22.6. The van der Waals surface area contributed by atoms with Crippen molar-refractivity contribution in [3.63, 3.8) is 0 Å². The lowest BCUT2D eigenvalue weighted by molar-refractivity contribution is -0.152. The third-order valence-electron chi connectivity index (χ3n) is 4.24. The van der Waals surface area contributed by atoms with Crippen LogP contribution in [0.3, 0.4) is 0 Å². The third-order valence-corrected chi connectivity index (χ3v) is 4.87. The maximum absolute atomic E-state index is 12.7. The normalized spacial score (nSPS) is 10.9. The van der Waals surface area contributed by atoms with Gasteiger partial charge in [0.1, 0.15) is 0 Å². The Kier molecular flexibility index (Phi) is 6.82. The monoisotopic (exact) mass is 463 g/mol. The number of hydrogen-bond acceptors (Lipinski definition) is 6. The largest absolute Gasteiger partial charge is 0.459 e. The minimum atomic E-state index is -1.000. The Morgan fingerprint density at radius 2 is 1.81 bits per heavy atom. The van der Waals surface area contributed by atoms with Crippen molar-refractivity contribution in [1.82, 2.24) is 9.78 Å². The van der Waals surface area contributed by atoms with E-state index in [1.54, 1.807) is 35.9 Å². The Balaban J connectivity index is 1.99. The van der Waals surface area contributed by atoms with Crippen LogP contribution >= 0.6 is 23.2 Å². The number of carbonyl (C=O) groups is 3. The average Bonchev–Trinajstić information content (AvgIpc) is 3.06. The van der Waals surface area contributed by atoms with Crippen LogP contribution in [-0.2, 0) is 14.3 Å². The van der Waals surface area contributed by atoms with Gasteiger partial charge in [-0.05, 0) is 51.1 Å². The number of nitrogens with one attached hydrogen (secondary N) is 1. The van der Waals surface area contributed by atoms with E-state index in [1.807, 2.05) is 13.8 Å². The summed E-state index contributed by atoms with van der Waals surface area (Å²) < 4.78 is 11.9. The topological polar surface area (TPSA) is 99.5 Å². The van der Waals surface area contributed by atoms with Gasteiger partial charge in [0.25, 0.3) is 0 Å². The number of ether oxygens (including phenoxy) is 2. The highest BCUT2D eigenvalue weighted by Crippen LogP contribution is 2.32. The van der Waals surface area contributed by atoms with Crippen molar-refractivity contribution in [2.75, 3.05) is 11.9 Å². The summed E-state index contributed by atoms with van der Waals surface area (Å²) in [6.45, 7) is 5.51. The molecule has 0 atom stereocenters. The molecule has 31 heavy (non-hydrogen) atoms. The molecule has 162 valence electrons. The molecule has 0 aliphatic carbocycles. The number of hydrogen-bond donors (Lipinski definition) is 1. The second-order valence-corrected chi connectivity index (χ2v) is 7.55. The van der Waals surface area contributed by atoms with E-state index in [0.717, 1.165) is 0 Å². The van der Waals surface area contributed by atoms with Crippen molar-refractivity contribution in [2.24, 2.45) is 0 Å². The molecule has 0 unspecified atom stereocenters. The zero-order chi connectivity index (χ0) is 22.7. The van der Waals surface area contributed by atoms with E-state index in [-0.39, 0.29) is 34.1 Å². The van der Waals surface area contributed by atoms with E-state index in [4.69, 9.17) is 27.9 Å². The van der Waals surface area contributed by atoms with E-state index in [1.165, 1.54) is 12.1 Å². The van der Waals surface area contributed by atoms with Crippen LogP contribution in [0.5, 0.6) is 5.88 Å². The van der Waals surface area contributed by atoms with Crippen molar-refractivity contribution < 1.29 is 23.9 Å². The van der Waals surface area contributed by atoms with Crippen LogP contribution in [0, 0.1) is 0 Å². The van der Waals surface area contributed by atoms with Crippen LogP contribution in [0.15, 0.2) is 36.4 Å². The fourth-order valence-corrected chi connectivity index (χ4v) is 3.42. The summed E-state index contributed by atoms with van der Waals surface area (Å²) in [7, 11) is 0. The summed E-state index contributed by atoms with van der Waals surface area (Å²) in [6, 6.07) is 9.48. The predicted octanol–water partition coefficient (Wildman–Crippen LogP) is 4.64. The smallest absolute Gasteiger partial charge is 0.397 e.